The van der Waals surface area contributed by atoms with Crippen LogP contribution >= 0.6 is 0 Å². The molecule has 0 radical (unpaired) electrons. The third kappa shape index (κ3) is 9.84. The van der Waals surface area contributed by atoms with Crippen molar-refractivity contribution in [2.45, 2.75) is 97.4 Å². The number of halogens is 1. The van der Waals surface area contributed by atoms with Gasteiger partial charge in [0, 0.05) is 5.56 Å². The molecule has 2 heteroatoms. The van der Waals surface area contributed by atoms with Gasteiger partial charge in [0.1, 0.15) is 5.54 Å². The smallest absolute Gasteiger partial charge is 0.116 e. The topological polar surface area (TPSA) is 16.6 Å². The van der Waals surface area contributed by atoms with E-state index in [2.05, 4.69) is 57.3 Å². The van der Waals surface area contributed by atoms with Crippen LogP contribution in [0.15, 0.2) is 24.3 Å². The Balaban J connectivity index is 0.00000529. The van der Waals surface area contributed by atoms with E-state index in [0.717, 1.165) is 0 Å². The monoisotopic (exact) mass is 397 g/mol. The fraction of sp³-hybridized carbons (Fsp3) is 0.727. The van der Waals surface area contributed by atoms with Crippen LogP contribution in [0.2, 0.25) is 0 Å². The molecule has 0 aliphatic rings. The van der Waals surface area contributed by atoms with E-state index >= 15 is 0 Å². The molecule has 24 heavy (non-hydrogen) atoms. The molecule has 0 atom stereocenters. The fourth-order valence-electron chi connectivity index (χ4n) is 3.50. The predicted octanol–water partition coefficient (Wildman–Crippen LogP) is 2.72. The Morgan fingerprint density at radius 3 is 1.83 bits per heavy atom. The molecular weight excluding hydrogens is 358 g/mol. The number of aryl methyl sites for hydroxylation is 1. The third-order valence-electron chi connectivity index (χ3n) is 5.05. The maximum atomic E-state index is 2.53. The maximum absolute atomic E-state index is 2.53. The van der Waals surface area contributed by atoms with Crippen molar-refractivity contribution in [1.29, 1.82) is 0 Å². The van der Waals surface area contributed by atoms with Gasteiger partial charge in [-0.15, -0.1) is 0 Å². The molecule has 1 nitrogen and oxygen atoms in total. The largest absolute Gasteiger partial charge is 1.00 e. The molecule has 1 rings (SSSR count). The fourth-order valence-corrected chi connectivity index (χ4v) is 3.50. The Hall–Kier alpha value is -0.340. The van der Waals surface area contributed by atoms with Gasteiger partial charge in [0.2, 0.25) is 0 Å². The van der Waals surface area contributed by atoms with Gasteiger partial charge in [-0.25, -0.2) is 0 Å². The standard InChI is InChI=1S/C22H39N.BrH/c1-5-6-7-8-9-10-11-12-13-16-19-23-22(3,4)21-18-15-14-17-20(21)2;/h14-15,17-18,23H,5-13,16,19H2,1-4H3;1H. The van der Waals surface area contributed by atoms with Crippen molar-refractivity contribution in [3.63, 3.8) is 0 Å². The van der Waals surface area contributed by atoms with Gasteiger partial charge < -0.3 is 22.3 Å². The van der Waals surface area contributed by atoms with Crippen LogP contribution in [0.25, 0.3) is 0 Å². The van der Waals surface area contributed by atoms with Crippen LogP contribution in [0.4, 0.5) is 0 Å². The summed E-state index contributed by atoms with van der Waals surface area (Å²) in [6, 6.07) is 8.81. The second-order valence-corrected chi connectivity index (χ2v) is 7.71. The van der Waals surface area contributed by atoms with Gasteiger partial charge in [-0.3, -0.25) is 0 Å². The second-order valence-electron chi connectivity index (χ2n) is 7.71. The molecule has 0 unspecified atom stereocenters. The van der Waals surface area contributed by atoms with E-state index in [9.17, 15) is 0 Å². The van der Waals surface area contributed by atoms with E-state index in [1.807, 2.05) is 0 Å². The van der Waals surface area contributed by atoms with Gasteiger partial charge in [-0.2, -0.15) is 0 Å². The number of hydrogen-bond donors (Lipinski definition) is 1. The highest BCUT2D eigenvalue weighted by Gasteiger charge is 2.24. The van der Waals surface area contributed by atoms with Crippen molar-refractivity contribution in [1.82, 2.24) is 0 Å². The van der Waals surface area contributed by atoms with E-state index < -0.39 is 0 Å². The first kappa shape index (κ1) is 23.7. The van der Waals surface area contributed by atoms with Crippen LogP contribution in [0.3, 0.4) is 0 Å². The first-order valence-corrected chi connectivity index (χ1v) is 9.98. The highest BCUT2D eigenvalue weighted by Crippen LogP contribution is 2.19. The molecule has 0 heterocycles. The molecule has 1 aromatic rings. The summed E-state index contributed by atoms with van der Waals surface area (Å²) in [6.07, 6.45) is 14.2. The van der Waals surface area contributed by atoms with Crippen molar-refractivity contribution < 1.29 is 22.3 Å². The van der Waals surface area contributed by atoms with E-state index in [1.54, 1.807) is 0 Å². The predicted molar refractivity (Wildman–Crippen MR) is 103 cm³/mol. The molecule has 2 N–H and O–H groups in total. The quantitative estimate of drug-likeness (QED) is 0.492. The zero-order valence-corrected chi connectivity index (χ0v) is 18.1. The van der Waals surface area contributed by atoms with Crippen LogP contribution < -0.4 is 22.3 Å². The number of rotatable bonds is 13. The van der Waals surface area contributed by atoms with Crippen molar-refractivity contribution in [2.75, 3.05) is 6.54 Å². The van der Waals surface area contributed by atoms with Crippen LogP contribution in [0, 0.1) is 6.92 Å². The van der Waals surface area contributed by atoms with Crippen LogP contribution in [-0.2, 0) is 5.54 Å². The molecule has 140 valence electrons. The lowest BCUT2D eigenvalue weighted by atomic mass is 9.90. The highest BCUT2D eigenvalue weighted by atomic mass is 79.9. The molecule has 0 saturated heterocycles. The van der Waals surface area contributed by atoms with Gasteiger partial charge in [0.25, 0.3) is 0 Å². The van der Waals surface area contributed by atoms with E-state index in [0.29, 0.717) is 0 Å². The van der Waals surface area contributed by atoms with Gasteiger partial charge in [0.15, 0.2) is 0 Å². The lowest BCUT2D eigenvalue weighted by Crippen LogP contribution is -3.00. The number of benzene rings is 1. The Labute approximate surface area is 161 Å². The van der Waals surface area contributed by atoms with Crippen molar-refractivity contribution in [2.24, 2.45) is 0 Å². The van der Waals surface area contributed by atoms with Crippen molar-refractivity contribution >= 4 is 0 Å². The minimum atomic E-state index is 0. The summed E-state index contributed by atoms with van der Waals surface area (Å²) < 4.78 is 0. The van der Waals surface area contributed by atoms with Gasteiger partial charge in [0.05, 0.1) is 6.54 Å². The number of unbranched alkanes of at least 4 members (excludes halogenated alkanes) is 9. The van der Waals surface area contributed by atoms with E-state index in [-0.39, 0.29) is 22.5 Å². The molecule has 0 amide bonds. The average molecular weight is 398 g/mol. The van der Waals surface area contributed by atoms with Crippen LogP contribution in [0.1, 0.15) is 96.1 Å². The zero-order valence-electron chi connectivity index (χ0n) is 16.5. The van der Waals surface area contributed by atoms with Gasteiger partial charge >= 0.3 is 0 Å². The second kappa shape index (κ2) is 13.9. The summed E-state index contributed by atoms with van der Waals surface area (Å²) >= 11 is 0. The zero-order chi connectivity index (χ0) is 17.0. The van der Waals surface area contributed by atoms with Crippen LogP contribution in [0.5, 0.6) is 0 Å². The Morgan fingerprint density at radius 2 is 1.29 bits per heavy atom. The minimum absolute atomic E-state index is 0. The summed E-state index contributed by atoms with van der Waals surface area (Å²) in [7, 11) is 0. The Kier molecular flexibility index (Phi) is 13.7. The highest BCUT2D eigenvalue weighted by molar-refractivity contribution is 5.29. The number of hydrogen-bond acceptors (Lipinski definition) is 0. The van der Waals surface area contributed by atoms with Crippen molar-refractivity contribution in [3.05, 3.63) is 35.4 Å². The number of quaternary nitrogens is 1. The lowest BCUT2D eigenvalue weighted by Gasteiger charge is -2.25. The van der Waals surface area contributed by atoms with Gasteiger partial charge in [-0.1, -0.05) is 82.6 Å². The molecule has 0 aromatic heterocycles. The summed E-state index contributed by atoms with van der Waals surface area (Å²) in [5.74, 6) is 0. The molecule has 0 fully saturated rings. The van der Waals surface area contributed by atoms with Gasteiger partial charge in [-0.05, 0) is 39.2 Å². The molecule has 0 aliphatic heterocycles. The SMILES string of the molecule is CCCCCCCCCCCC[NH2+]C(C)(C)c1ccccc1C.[Br-]. The normalized spacial score (nSPS) is 11.3. The number of nitrogens with two attached hydrogens (primary N) is 1. The lowest BCUT2D eigenvalue weighted by molar-refractivity contribution is -0.729. The van der Waals surface area contributed by atoms with Crippen LogP contribution in [-0.4, -0.2) is 6.54 Å². The molecule has 0 bridgehead atoms. The third-order valence-corrected chi connectivity index (χ3v) is 5.05. The Bertz CT molecular complexity index is 414. The van der Waals surface area contributed by atoms with E-state index in [1.165, 1.54) is 81.9 Å². The molecular formula is C22H40BrN. The maximum Gasteiger partial charge on any atom is 0.116 e. The van der Waals surface area contributed by atoms with E-state index in [4.69, 9.17) is 0 Å². The summed E-state index contributed by atoms with van der Waals surface area (Å²) in [5.41, 5.74) is 3.09. The minimum Gasteiger partial charge on any atom is -1.00 e. The first-order chi connectivity index (χ1) is 11.1. The molecule has 0 spiro atoms. The summed E-state index contributed by atoms with van der Waals surface area (Å²) in [5, 5.41) is 2.53. The Morgan fingerprint density at radius 1 is 0.792 bits per heavy atom. The van der Waals surface area contributed by atoms with Crippen molar-refractivity contribution in [3.8, 4) is 0 Å². The first-order valence-electron chi connectivity index (χ1n) is 9.98. The summed E-state index contributed by atoms with van der Waals surface area (Å²) in [6.45, 7) is 10.5. The molecule has 0 aliphatic carbocycles. The summed E-state index contributed by atoms with van der Waals surface area (Å²) in [4.78, 5) is 0. The molecule has 1 aromatic carbocycles. The molecule has 0 saturated carbocycles. The average Bonchev–Trinajstić information content (AvgIpc) is 2.53.